The van der Waals surface area contributed by atoms with Gasteiger partial charge in [0, 0.05) is 31.2 Å². The van der Waals surface area contributed by atoms with Crippen molar-refractivity contribution in [3.05, 3.63) is 29.6 Å². The van der Waals surface area contributed by atoms with Crippen molar-refractivity contribution in [1.82, 2.24) is 4.90 Å². The van der Waals surface area contributed by atoms with E-state index < -0.39 is 5.82 Å². The Hall–Kier alpha value is -1.62. The smallest absolute Gasteiger partial charge is 0.253 e. The zero-order chi connectivity index (χ0) is 13.8. The number of hydrogen-bond acceptors (Lipinski definition) is 3. The highest BCUT2D eigenvalue weighted by Crippen LogP contribution is 2.17. The van der Waals surface area contributed by atoms with Gasteiger partial charge in [0.25, 0.3) is 5.91 Å². The van der Waals surface area contributed by atoms with E-state index in [2.05, 4.69) is 0 Å². The van der Waals surface area contributed by atoms with E-state index in [1.165, 1.54) is 18.2 Å². The summed E-state index contributed by atoms with van der Waals surface area (Å²) in [7, 11) is 0. The minimum atomic E-state index is -0.496. The molecule has 5 heteroatoms. The number of rotatable bonds is 4. The summed E-state index contributed by atoms with van der Waals surface area (Å²) >= 11 is 0. The molecule has 1 aliphatic rings. The van der Waals surface area contributed by atoms with E-state index in [0.717, 1.165) is 13.0 Å². The van der Waals surface area contributed by atoms with Crippen LogP contribution in [0.1, 0.15) is 23.7 Å². The van der Waals surface area contributed by atoms with Crippen LogP contribution in [0.2, 0.25) is 0 Å². The van der Waals surface area contributed by atoms with Gasteiger partial charge < -0.3 is 15.4 Å². The van der Waals surface area contributed by atoms with Gasteiger partial charge >= 0.3 is 0 Å². The molecule has 1 atom stereocenters. The van der Waals surface area contributed by atoms with Crippen LogP contribution in [0.3, 0.4) is 0 Å². The lowest BCUT2D eigenvalue weighted by Gasteiger charge is -2.24. The molecule has 0 radical (unpaired) electrons. The van der Waals surface area contributed by atoms with Gasteiger partial charge in [0.2, 0.25) is 0 Å². The average molecular weight is 266 g/mol. The molecule has 1 unspecified atom stereocenters. The third-order valence-corrected chi connectivity index (χ3v) is 3.41. The molecule has 1 saturated heterocycles. The molecule has 0 aromatic heterocycles. The summed E-state index contributed by atoms with van der Waals surface area (Å²) in [5.41, 5.74) is 5.93. The predicted molar refractivity (Wildman–Crippen MR) is 71.3 cm³/mol. The Morgan fingerprint density at radius 1 is 1.58 bits per heavy atom. The van der Waals surface area contributed by atoms with E-state index in [4.69, 9.17) is 10.5 Å². The Bertz CT molecular complexity index is 459. The summed E-state index contributed by atoms with van der Waals surface area (Å²) in [5, 5.41) is 0. The van der Waals surface area contributed by atoms with Crippen molar-refractivity contribution in [3.63, 3.8) is 0 Å². The van der Waals surface area contributed by atoms with Gasteiger partial charge in [-0.3, -0.25) is 4.79 Å². The first kappa shape index (κ1) is 13.8. The van der Waals surface area contributed by atoms with Crippen LogP contribution in [0, 0.1) is 11.7 Å². The molecule has 1 aromatic carbocycles. The summed E-state index contributed by atoms with van der Waals surface area (Å²) in [6.45, 7) is 4.69. The first-order chi connectivity index (χ1) is 9.11. The van der Waals surface area contributed by atoms with Crippen molar-refractivity contribution in [2.45, 2.75) is 13.3 Å². The second-order valence-electron chi connectivity index (χ2n) is 4.81. The standard InChI is InChI=1S/C14H19FN2O2/c1-2-17(8-10-5-6-19-9-10)14(18)11-3-4-12(15)13(16)7-11/h3-4,7,10H,2,5-6,8-9,16H2,1H3. The van der Waals surface area contributed by atoms with Gasteiger partial charge in [-0.2, -0.15) is 0 Å². The molecule has 1 heterocycles. The Kier molecular flexibility index (Phi) is 4.37. The van der Waals surface area contributed by atoms with Crippen molar-refractivity contribution in [2.75, 3.05) is 32.0 Å². The summed E-state index contributed by atoms with van der Waals surface area (Å²) in [4.78, 5) is 14.1. The molecule has 2 N–H and O–H groups in total. The maximum absolute atomic E-state index is 13.1. The summed E-state index contributed by atoms with van der Waals surface area (Å²) in [6, 6.07) is 4.10. The number of nitrogens with two attached hydrogens (primary N) is 1. The fourth-order valence-electron chi connectivity index (χ4n) is 2.25. The lowest BCUT2D eigenvalue weighted by atomic mass is 10.1. The normalized spacial score (nSPS) is 18.5. The van der Waals surface area contributed by atoms with Crippen molar-refractivity contribution >= 4 is 11.6 Å². The Labute approximate surface area is 112 Å². The quantitative estimate of drug-likeness (QED) is 0.847. The molecular weight excluding hydrogens is 247 g/mol. The van der Waals surface area contributed by atoms with Gasteiger partial charge in [0.1, 0.15) is 5.82 Å². The Morgan fingerprint density at radius 3 is 2.95 bits per heavy atom. The van der Waals surface area contributed by atoms with E-state index in [1.807, 2.05) is 6.92 Å². The van der Waals surface area contributed by atoms with Crippen LogP contribution in [-0.4, -0.2) is 37.1 Å². The highest BCUT2D eigenvalue weighted by Gasteiger charge is 2.22. The Balaban J connectivity index is 2.08. The number of nitrogen functional groups attached to an aromatic ring is 1. The zero-order valence-electron chi connectivity index (χ0n) is 11.1. The maximum atomic E-state index is 13.1. The molecule has 104 valence electrons. The second kappa shape index (κ2) is 6.02. The molecule has 1 amide bonds. The number of anilines is 1. The second-order valence-corrected chi connectivity index (χ2v) is 4.81. The van der Waals surface area contributed by atoms with E-state index in [0.29, 0.717) is 31.2 Å². The van der Waals surface area contributed by atoms with Crippen LogP contribution in [-0.2, 0) is 4.74 Å². The van der Waals surface area contributed by atoms with Crippen LogP contribution < -0.4 is 5.73 Å². The first-order valence-electron chi connectivity index (χ1n) is 6.54. The van der Waals surface area contributed by atoms with Crippen LogP contribution in [0.15, 0.2) is 18.2 Å². The maximum Gasteiger partial charge on any atom is 0.253 e. The number of nitrogens with zero attached hydrogens (tertiary/aromatic N) is 1. The van der Waals surface area contributed by atoms with Gasteiger partial charge in [-0.25, -0.2) is 4.39 Å². The SMILES string of the molecule is CCN(CC1CCOC1)C(=O)c1ccc(F)c(N)c1. The summed E-state index contributed by atoms with van der Waals surface area (Å²) in [5.74, 6) is -0.216. The minimum absolute atomic E-state index is 0.00565. The van der Waals surface area contributed by atoms with Gasteiger partial charge in [-0.05, 0) is 31.5 Å². The molecule has 0 bridgehead atoms. The molecule has 1 aromatic rings. The van der Waals surface area contributed by atoms with Gasteiger partial charge in [0.15, 0.2) is 0 Å². The topological polar surface area (TPSA) is 55.6 Å². The lowest BCUT2D eigenvalue weighted by molar-refractivity contribution is 0.0731. The molecule has 4 nitrogen and oxygen atoms in total. The highest BCUT2D eigenvalue weighted by atomic mass is 19.1. The van der Waals surface area contributed by atoms with Gasteiger partial charge in [0.05, 0.1) is 12.3 Å². The third kappa shape index (κ3) is 3.23. The van der Waals surface area contributed by atoms with Crippen LogP contribution in [0.25, 0.3) is 0 Å². The molecule has 19 heavy (non-hydrogen) atoms. The number of carbonyl (C=O) groups excluding carboxylic acids is 1. The van der Waals surface area contributed by atoms with Crippen molar-refractivity contribution in [3.8, 4) is 0 Å². The average Bonchev–Trinajstić information content (AvgIpc) is 2.91. The van der Waals surface area contributed by atoms with Gasteiger partial charge in [-0.15, -0.1) is 0 Å². The molecular formula is C14H19FN2O2. The number of benzene rings is 1. The van der Waals surface area contributed by atoms with Crippen LogP contribution in [0.4, 0.5) is 10.1 Å². The van der Waals surface area contributed by atoms with Crippen molar-refractivity contribution in [1.29, 1.82) is 0 Å². The van der Waals surface area contributed by atoms with Crippen molar-refractivity contribution in [2.24, 2.45) is 5.92 Å². The molecule has 0 spiro atoms. The van der Waals surface area contributed by atoms with E-state index in [-0.39, 0.29) is 11.6 Å². The number of halogens is 1. The number of ether oxygens (including phenoxy) is 1. The Morgan fingerprint density at radius 2 is 2.37 bits per heavy atom. The largest absolute Gasteiger partial charge is 0.396 e. The van der Waals surface area contributed by atoms with E-state index >= 15 is 0 Å². The molecule has 1 aliphatic heterocycles. The van der Waals surface area contributed by atoms with Crippen molar-refractivity contribution < 1.29 is 13.9 Å². The fourth-order valence-corrected chi connectivity index (χ4v) is 2.25. The monoisotopic (exact) mass is 266 g/mol. The van der Waals surface area contributed by atoms with Crippen LogP contribution in [0.5, 0.6) is 0 Å². The molecule has 0 aliphatic carbocycles. The van der Waals surface area contributed by atoms with E-state index in [9.17, 15) is 9.18 Å². The summed E-state index contributed by atoms with van der Waals surface area (Å²) < 4.78 is 18.4. The van der Waals surface area contributed by atoms with Crippen LogP contribution >= 0.6 is 0 Å². The zero-order valence-corrected chi connectivity index (χ0v) is 11.1. The van der Waals surface area contributed by atoms with E-state index in [1.54, 1.807) is 4.90 Å². The minimum Gasteiger partial charge on any atom is -0.396 e. The predicted octanol–water partition coefficient (Wildman–Crippen LogP) is 1.91. The fraction of sp³-hybridized carbons (Fsp3) is 0.500. The molecule has 1 fully saturated rings. The lowest BCUT2D eigenvalue weighted by Crippen LogP contribution is -2.35. The molecule has 2 rings (SSSR count). The highest BCUT2D eigenvalue weighted by molar-refractivity contribution is 5.95. The number of amides is 1. The molecule has 0 saturated carbocycles. The summed E-state index contributed by atoms with van der Waals surface area (Å²) in [6.07, 6.45) is 0.981. The van der Waals surface area contributed by atoms with Gasteiger partial charge in [-0.1, -0.05) is 0 Å². The first-order valence-corrected chi connectivity index (χ1v) is 6.54. The third-order valence-electron chi connectivity index (χ3n) is 3.41. The number of carbonyl (C=O) groups is 1. The number of hydrogen-bond donors (Lipinski definition) is 1.